The van der Waals surface area contributed by atoms with Gasteiger partial charge in [0.1, 0.15) is 0 Å². The van der Waals surface area contributed by atoms with E-state index in [2.05, 4.69) is 9.89 Å². The summed E-state index contributed by atoms with van der Waals surface area (Å²) in [6, 6.07) is 15.8. The van der Waals surface area contributed by atoms with Crippen molar-refractivity contribution in [2.45, 2.75) is 0 Å². The van der Waals surface area contributed by atoms with Crippen LogP contribution in [0.4, 0.5) is 11.4 Å². The van der Waals surface area contributed by atoms with E-state index in [1.165, 1.54) is 17.8 Å². The minimum Gasteiger partial charge on any atom is -0.379 e. The molecular formula is C21H20N4O4S. The normalized spacial score (nSPS) is 20.3. The molecule has 8 nitrogen and oxygen atoms in total. The van der Waals surface area contributed by atoms with E-state index in [4.69, 9.17) is 4.74 Å². The number of carbonyl (C=O) groups is 1. The summed E-state index contributed by atoms with van der Waals surface area (Å²) in [5.41, 5.74) is 1.10. The first-order valence-electron chi connectivity index (χ1n) is 9.50. The summed E-state index contributed by atoms with van der Waals surface area (Å²) in [6.45, 7) is 3.11. The van der Waals surface area contributed by atoms with Crippen LogP contribution in [0.15, 0.2) is 64.5 Å². The number of carbonyl (C=O) groups excluding carboxylic acids is 1. The number of benzene rings is 2. The molecule has 0 unspecified atom stereocenters. The van der Waals surface area contributed by atoms with Crippen molar-refractivity contribution >= 4 is 40.3 Å². The summed E-state index contributed by atoms with van der Waals surface area (Å²) in [7, 11) is 0. The summed E-state index contributed by atoms with van der Waals surface area (Å²) < 4.78 is 5.39. The van der Waals surface area contributed by atoms with Gasteiger partial charge in [0, 0.05) is 19.2 Å². The second-order valence-corrected chi connectivity index (χ2v) is 7.77. The Hall–Kier alpha value is -3.01. The number of aliphatic imine (C=N–C) groups is 1. The van der Waals surface area contributed by atoms with Crippen LogP contribution in [0.3, 0.4) is 0 Å². The lowest BCUT2D eigenvalue weighted by molar-refractivity contribution is -0.385. The lowest BCUT2D eigenvalue weighted by Gasteiger charge is -2.30. The van der Waals surface area contributed by atoms with Crippen molar-refractivity contribution < 1.29 is 14.5 Å². The van der Waals surface area contributed by atoms with Gasteiger partial charge in [-0.1, -0.05) is 30.3 Å². The summed E-state index contributed by atoms with van der Waals surface area (Å²) >= 11 is 1.23. The van der Waals surface area contributed by atoms with E-state index >= 15 is 0 Å². The van der Waals surface area contributed by atoms with Crippen molar-refractivity contribution in [3.05, 3.63) is 75.2 Å². The number of nitrogens with zero attached hydrogens (tertiary/aromatic N) is 4. The average molecular weight is 424 g/mol. The Kier molecular flexibility index (Phi) is 6.22. The minimum absolute atomic E-state index is 0.0356. The lowest BCUT2D eigenvalue weighted by atomic mass is 10.1. The number of nitro benzene ring substituents is 1. The molecule has 1 amide bonds. The second kappa shape index (κ2) is 9.21. The smallest absolute Gasteiger partial charge is 0.276 e. The molecule has 0 bridgehead atoms. The molecule has 2 aliphatic rings. The first kappa shape index (κ1) is 20.3. The first-order valence-corrected chi connectivity index (χ1v) is 10.3. The minimum atomic E-state index is -0.443. The van der Waals surface area contributed by atoms with E-state index in [1.54, 1.807) is 29.2 Å². The molecule has 2 aliphatic heterocycles. The van der Waals surface area contributed by atoms with Gasteiger partial charge in [0.25, 0.3) is 11.6 Å². The number of rotatable bonds is 5. The van der Waals surface area contributed by atoms with Crippen LogP contribution >= 0.6 is 11.8 Å². The first-order chi connectivity index (χ1) is 14.6. The molecule has 2 saturated heterocycles. The van der Waals surface area contributed by atoms with Crippen LogP contribution in [-0.4, -0.2) is 58.8 Å². The van der Waals surface area contributed by atoms with E-state index in [0.717, 1.165) is 18.8 Å². The number of amidine groups is 1. The molecule has 4 rings (SSSR count). The monoisotopic (exact) mass is 424 g/mol. The number of nitro groups is 1. The molecule has 0 saturated carbocycles. The highest BCUT2D eigenvalue weighted by Crippen LogP contribution is 2.35. The van der Waals surface area contributed by atoms with Crippen LogP contribution in [0.2, 0.25) is 0 Å². The SMILES string of the molecule is O=C1/C(=C/c2ccccc2[N+](=O)[O-])SC(=Nc2ccccc2)N1CN1CCOCC1. The van der Waals surface area contributed by atoms with Gasteiger partial charge in [0.2, 0.25) is 0 Å². The van der Waals surface area contributed by atoms with Crippen molar-refractivity contribution in [3.8, 4) is 0 Å². The predicted molar refractivity (Wildman–Crippen MR) is 116 cm³/mol. The zero-order chi connectivity index (χ0) is 20.9. The van der Waals surface area contributed by atoms with Gasteiger partial charge in [-0.15, -0.1) is 0 Å². The zero-order valence-corrected chi connectivity index (χ0v) is 17.0. The highest BCUT2D eigenvalue weighted by atomic mass is 32.2. The maximum atomic E-state index is 13.2. The van der Waals surface area contributed by atoms with Gasteiger partial charge in [0.05, 0.1) is 41.0 Å². The predicted octanol–water partition coefficient (Wildman–Crippen LogP) is 3.49. The van der Waals surface area contributed by atoms with Gasteiger partial charge < -0.3 is 4.74 Å². The van der Waals surface area contributed by atoms with E-state index in [9.17, 15) is 14.9 Å². The fourth-order valence-corrected chi connectivity index (χ4v) is 4.17. The Morgan fingerprint density at radius 1 is 1.10 bits per heavy atom. The van der Waals surface area contributed by atoms with Crippen LogP contribution in [-0.2, 0) is 9.53 Å². The molecule has 0 radical (unpaired) electrons. The number of para-hydroxylation sites is 2. The number of thioether (sulfide) groups is 1. The third-order valence-electron chi connectivity index (χ3n) is 4.73. The van der Waals surface area contributed by atoms with E-state index in [0.29, 0.717) is 35.5 Å². The molecule has 2 fully saturated rings. The molecule has 2 heterocycles. The molecule has 0 spiro atoms. The lowest BCUT2D eigenvalue weighted by Crippen LogP contribution is -2.45. The molecule has 0 atom stereocenters. The Bertz CT molecular complexity index is 1000. The van der Waals surface area contributed by atoms with Crippen LogP contribution in [0.5, 0.6) is 0 Å². The van der Waals surface area contributed by atoms with Gasteiger partial charge in [-0.3, -0.25) is 24.7 Å². The van der Waals surface area contributed by atoms with Crippen molar-refractivity contribution in [1.82, 2.24) is 9.80 Å². The number of hydrogen-bond donors (Lipinski definition) is 0. The van der Waals surface area contributed by atoms with Crippen molar-refractivity contribution in [2.75, 3.05) is 33.0 Å². The van der Waals surface area contributed by atoms with E-state index in [1.807, 2.05) is 30.3 Å². The van der Waals surface area contributed by atoms with Crippen LogP contribution in [0.25, 0.3) is 6.08 Å². The van der Waals surface area contributed by atoms with Crippen LogP contribution in [0, 0.1) is 10.1 Å². The van der Waals surface area contributed by atoms with Crippen molar-refractivity contribution in [2.24, 2.45) is 4.99 Å². The molecular weight excluding hydrogens is 404 g/mol. The highest BCUT2D eigenvalue weighted by molar-refractivity contribution is 8.18. The maximum Gasteiger partial charge on any atom is 0.276 e. The summed E-state index contributed by atoms with van der Waals surface area (Å²) in [5.74, 6) is -0.209. The van der Waals surface area contributed by atoms with Gasteiger partial charge in [-0.25, -0.2) is 4.99 Å². The Morgan fingerprint density at radius 3 is 2.53 bits per heavy atom. The van der Waals surface area contributed by atoms with Crippen LogP contribution < -0.4 is 0 Å². The molecule has 2 aromatic carbocycles. The molecule has 0 aromatic heterocycles. The maximum absolute atomic E-state index is 13.2. The third kappa shape index (κ3) is 4.59. The average Bonchev–Trinajstić information content (AvgIpc) is 3.04. The standard InChI is InChI=1S/C21H20N4O4S/c26-20-19(14-16-6-4-5-9-18(16)25(27)28)30-21(22-17-7-2-1-3-8-17)24(20)15-23-10-12-29-13-11-23/h1-9,14H,10-13,15H2/b19-14-,22-21?. The van der Waals surface area contributed by atoms with Crippen molar-refractivity contribution in [1.29, 1.82) is 0 Å². The molecule has 30 heavy (non-hydrogen) atoms. The number of morpholine rings is 1. The molecule has 0 aliphatic carbocycles. The van der Waals surface area contributed by atoms with E-state index < -0.39 is 4.92 Å². The Balaban J connectivity index is 1.67. The van der Waals surface area contributed by atoms with Gasteiger partial charge >= 0.3 is 0 Å². The Labute approximate surface area is 178 Å². The Morgan fingerprint density at radius 2 is 1.80 bits per heavy atom. The number of hydrogen-bond acceptors (Lipinski definition) is 7. The largest absolute Gasteiger partial charge is 0.379 e. The fraction of sp³-hybridized carbons (Fsp3) is 0.238. The van der Waals surface area contributed by atoms with Gasteiger partial charge in [-0.2, -0.15) is 0 Å². The van der Waals surface area contributed by atoms with Gasteiger partial charge in [0.15, 0.2) is 5.17 Å². The van der Waals surface area contributed by atoms with Gasteiger partial charge in [-0.05, 0) is 36.0 Å². The van der Waals surface area contributed by atoms with E-state index in [-0.39, 0.29) is 11.6 Å². The molecule has 0 N–H and O–H groups in total. The summed E-state index contributed by atoms with van der Waals surface area (Å²) in [6.07, 6.45) is 1.57. The van der Waals surface area contributed by atoms with Crippen LogP contribution in [0.1, 0.15) is 5.56 Å². The molecule has 9 heteroatoms. The third-order valence-corrected chi connectivity index (χ3v) is 5.74. The van der Waals surface area contributed by atoms with Crippen molar-refractivity contribution in [3.63, 3.8) is 0 Å². The second-order valence-electron chi connectivity index (χ2n) is 6.76. The number of ether oxygens (including phenoxy) is 1. The fourth-order valence-electron chi connectivity index (χ4n) is 3.19. The quantitative estimate of drug-likeness (QED) is 0.415. The number of amides is 1. The molecule has 154 valence electrons. The topological polar surface area (TPSA) is 88.3 Å². The highest BCUT2D eigenvalue weighted by Gasteiger charge is 2.35. The summed E-state index contributed by atoms with van der Waals surface area (Å²) in [4.78, 5) is 32.9. The summed E-state index contributed by atoms with van der Waals surface area (Å²) in [5, 5.41) is 11.9. The molecule has 2 aromatic rings. The zero-order valence-electron chi connectivity index (χ0n) is 16.1.